The molecule has 0 saturated heterocycles. The molecule has 1 aliphatic carbocycles. The Kier molecular flexibility index (Phi) is 5.72. The lowest BCUT2D eigenvalue weighted by molar-refractivity contribution is -0.117. The van der Waals surface area contributed by atoms with E-state index in [4.69, 9.17) is 0 Å². The van der Waals surface area contributed by atoms with E-state index in [0.29, 0.717) is 28.1 Å². The van der Waals surface area contributed by atoms with Gasteiger partial charge >= 0.3 is 5.76 Å². The molecule has 9 nitrogen and oxygen atoms in total. The van der Waals surface area contributed by atoms with Gasteiger partial charge in [0.05, 0.1) is 16.9 Å². The van der Waals surface area contributed by atoms with Crippen LogP contribution >= 0.6 is 15.9 Å². The van der Waals surface area contributed by atoms with Gasteiger partial charge in [-0.3, -0.25) is 19.1 Å². The Morgan fingerprint density at radius 1 is 0.946 bits per heavy atom. The molecule has 5 aromatic rings. The molecule has 2 unspecified atom stereocenters. The molecule has 4 N–H and O–H groups in total. The maximum Gasteiger partial charge on any atom is 0.439 e. The van der Waals surface area contributed by atoms with Crippen molar-refractivity contribution in [3.63, 3.8) is 0 Å². The summed E-state index contributed by atoms with van der Waals surface area (Å²) in [7, 11) is 0. The number of nitrogens with zero attached hydrogens (tertiary/aromatic N) is 1. The third-order valence-electron chi connectivity index (χ3n) is 6.44. The summed E-state index contributed by atoms with van der Waals surface area (Å²) in [6.45, 7) is 0. The summed E-state index contributed by atoms with van der Waals surface area (Å²) in [6, 6.07) is 22.4. The summed E-state index contributed by atoms with van der Waals surface area (Å²) in [6.07, 6.45) is 0.816. The highest BCUT2D eigenvalue weighted by atomic mass is 79.9. The number of nitrogens with one attached hydrogen (secondary N) is 4. The summed E-state index contributed by atoms with van der Waals surface area (Å²) in [5.74, 6) is -0.785. The van der Waals surface area contributed by atoms with Crippen LogP contribution in [0.3, 0.4) is 0 Å². The summed E-state index contributed by atoms with van der Waals surface area (Å²) in [4.78, 5) is 43.2. The molecule has 6 rings (SSSR count). The first-order chi connectivity index (χ1) is 18.0. The second-order valence-electron chi connectivity index (χ2n) is 8.89. The first kappa shape index (κ1) is 23.0. The Morgan fingerprint density at radius 3 is 2.57 bits per heavy atom. The van der Waals surface area contributed by atoms with Crippen LogP contribution in [0.15, 0.2) is 86.6 Å². The second kappa shape index (κ2) is 9.21. The highest BCUT2D eigenvalue weighted by molar-refractivity contribution is 9.10. The topological polar surface area (TPSA) is 133 Å². The number of para-hydroxylation sites is 1. The minimum absolute atomic E-state index is 0.0388. The number of hydrogen-bond donors (Lipinski definition) is 4. The smallest absolute Gasteiger partial charge is 0.349 e. The minimum Gasteiger partial charge on any atom is -0.349 e. The van der Waals surface area contributed by atoms with Gasteiger partial charge in [0.25, 0.3) is 5.91 Å². The Hall–Kier alpha value is -4.44. The van der Waals surface area contributed by atoms with E-state index >= 15 is 0 Å². The number of hydrogen-bond acceptors (Lipinski definition) is 5. The van der Waals surface area contributed by atoms with Crippen molar-refractivity contribution >= 4 is 50.0 Å². The van der Waals surface area contributed by atoms with Gasteiger partial charge < -0.3 is 15.6 Å². The molecule has 2 heterocycles. The summed E-state index contributed by atoms with van der Waals surface area (Å²) >= 11 is 3.39. The van der Waals surface area contributed by atoms with E-state index in [9.17, 15) is 14.4 Å². The molecule has 184 valence electrons. The number of halogens is 1. The van der Waals surface area contributed by atoms with Crippen molar-refractivity contribution in [3.8, 4) is 11.4 Å². The van der Waals surface area contributed by atoms with Gasteiger partial charge in [0.1, 0.15) is 5.69 Å². The molecule has 0 bridgehead atoms. The number of aromatic nitrogens is 3. The predicted molar refractivity (Wildman–Crippen MR) is 142 cm³/mol. The van der Waals surface area contributed by atoms with Crippen LogP contribution < -0.4 is 16.4 Å². The lowest BCUT2D eigenvalue weighted by Gasteiger charge is -2.09. The third kappa shape index (κ3) is 4.58. The average Bonchev–Trinajstić information content (AvgIpc) is 3.39. The van der Waals surface area contributed by atoms with Crippen molar-refractivity contribution in [2.45, 2.75) is 12.3 Å². The molecule has 1 aliphatic rings. The zero-order chi connectivity index (χ0) is 25.5. The highest BCUT2D eigenvalue weighted by Crippen LogP contribution is 2.48. The molecular formula is C27H20BrN5O4. The Labute approximate surface area is 218 Å². The molecular weight excluding hydrogens is 538 g/mol. The number of rotatable bonds is 6. The van der Waals surface area contributed by atoms with E-state index in [-0.39, 0.29) is 23.6 Å². The van der Waals surface area contributed by atoms with Crippen molar-refractivity contribution in [1.29, 1.82) is 0 Å². The molecule has 1 saturated carbocycles. The number of H-pyrrole nitrogens is 2. The largest absolute Gasteiger partial charge is 0.439 e. The molecule has 1 fully saturated rings. The van der Waals surface area contributed by atoms with Crippen molar-refractivity contribution < 1.29 is 14.1 Å². The Balaban J connectivity index is 1.22. The number of amides is 2. The van der Waals surface area contributed by atoms with Gasteiger partial charge in [0, 0.05) is 21.3 Å². The minimum atomic E-state index is -0.696. The van der Waals surface area contributed by atoms with Gasteiger partial charge in [0.15, 0.2) is 5.82 Å². The fraction of sp³-hybridized carbons (Fsp3) is 0.111. The Morgan fingerprint density at radius 2 is 1.78 bits per heavy atom. The number of aromatic amines is 2. The molecule has 3 aromatic carbocycles. The fourth-order valence-corrected chi connectivity index (χ4v) is 4.88. The predicted octanol–water partition coefficient (Wildman–Crippen LogP) is 5.27. The fourth-order valence-electron chi connectivity index (χ4n) is 4.52. The van der Waals surface area contributed by atoms with Gasteiger partial charge in [-0.1, -0.05) is 63.6 Å². The van der Waals surface area contributed by atoms with Crippen LogP contribution in [0.5, 0.6) is 0 Å². The van der Waals surface area contributed by atoms with Gasteiger partial charge in [-0.15, -0.1) is 0 Å². The maximum atomic E-state index is 13.2. The van der Waals surface area contributed by atoms with Crippen LogP contribution in [-0.4, -0.2) is 26.9 Å². The van der Waals surface area contributed by atoms with E-state index in [0.717, 1.165) is 16.3 Å². The number of benzene rings is 3. The molecule has 2 amide bonds. The monoisotopic (exact) mass is 557 g/mol. The van der Waals surface area contributed by atoms with Crippen molar-refractivity contribution in [1.82, 2.24) is 15.1 Å². The van der Waals surface area contributed by atoms with Crippen LogP contribution in [0, 0.1) is 5.92 Å². The standard InChI is InChI=1S/C27H20BrN5O4/c28-16-9-10-20(19(12-16)24-32-27(36)37-33-24)30-26(35)22-11-15-7-4-8-21(23(15)29-22)31-25(34)18-13-17(18)14-5-2-1-3-6-14/h1-12,17-18,29H,13H2,(H,30,35)(H,31,34)(H,32,33,36). The first-order valence-electron chi connectivity index (χ1n) is 11.6. The number of carbonyl (C=O) groups is 2. The first-order valence-corrected chi connectivity index (χ1v) is 12.4. The van der Waals surface area contributed by atoms with E-state index in [1.165, 1.54) is 5.56 Å². The Bertz CT molecular complexity index is 1700. The van der Waals surface area contributed by atoms with E-state index in [1.54, 1.807) is 24.3 Å². The highest BCUT2D eigenvalue weighted by Gasteiger charge is 2.43. The van der Waals surface area contributed by atoms with Crippen LogP contribution in [0.4, 0.5) is 11.4 Å². The van der Waals surface area contributed by atoms with Gasteiger partial charge in [0.2, 0.25) is 5.91 Å². The van der Waals surface area contributed by atoms with Crippen molar-refractivity contribution in [3.05, 3.63) is 99.1 Å². The average molecular weight is 558 g/mol. The van der Waals surface area contributed by atoms with Gasteiger partial charge in [-0.25, -0.2) is 4.79 Å². The second-order valence-corrected chi connectivity index (χ2v) is 9.80. The van der Waals surface area contributed by atoms with Crippen molar-refractivity contribution in [2.24, 2.45) is 5.92 Å². The molecule has 0 aliphatic heterocycles. The number of carbonyl (C=O) groups excluding carboxylic acids is 2. The van der Waals surface area contributed by atoms with E-state index in [2.05, 4.69) is 46.2 Å². The number of fused-ring (bicyclic) bond motifs is 1. The van der Waals surface area contributed by atoms with Crippen LogP contribution in [0.1, 0.15) is 28.4 Å². The van der Waals surface area contributed by atoms with Gasteiger partial charge in [-0.2, -0.15) is 0 Å². The zero-order valence-electron chi connectivity index (χ0n) is 19.2. The number of anilines is 2. The van der Waals surface area contributed by atoms with Crippen LogP contribution in [-0.2, 0) is 4.79 Å². The van der Waals surface area contributed by atoms with Crippen LogP contribution in [0.25, 0.3) is 22.3 Å². The molecule has 0 spiro atoms. The van der Waals surface area contributed by atoms with Gasteiger partial charge in [-0.05, 0) is 48.2 Å². The zero-order valence-corrected chi connectivity index (χ0v) is 20.8. The lowest BCUT2D eigenvalue weighted by Crippen LogP contribution is -2.15. The molecule has 2 atom stereocenters. The SMILES string of the molecule is O=C(Nc1ccc(Br)cc1-c1noc(=O)[nH]1)c1cc2cccc(NC(=O)C3CC3c3ccccc3)c2[nH]1. The van der Waals surface area contributed by atoms with E-state index < -0.39 is 11.7 Å². The quantitative estimate of drug-likeness (QED) is 0.226. The molecule has 2 aromatic heterocycles. The summed E-state index contributed by atoms with van der Waals surface area (Å²) < 4.78 is 5.35. The van der Waals surface area contributed by atoms with Crippen molar-refractivity contribution in [2.75, 3.05) is 10.6 Å². The molecule has 0 radical (unpaired) electrons. The molecule has 37 heavy (non-hydrogen) atoms. The van der Waals surface area contributed by atoms with E-state index in [1.807, 2.05) is 48.5 Å². The summed E-state index contributed by atoms with van der Waals surface area (Å²) in [5.41, 5.74) is 3.68. The third-order valence-corrected chi connectivity index (χ3v) is 6.93. The normalized spacial score (nSPS) is 16.5. The summed E-state index contributed by atoms with van der Waals surface area (Å²) in [5, 5.41) is 10.4. The maximum absolute atomic E-state index is 13.2. The molecule has 10 heteroatoms. The lowest BCUT2D eigenvalue weighted by atomic mass is 10.1. The van der Waals surface area contributed by atoms with Crippen LogP contribution in [0.2, 0.25) is 0 Å².